The van der Waals surface area contributed by atoms with Crippen LogP contribution in [0.2, 0.25) is 0 Å². The molecule has 1 aromatic carbocycles. The molecule has 4 heteroatoms. The second kappa shape index (κ2) is 9.34. The molecule has 0 heterocycles. The third-order valence-electron chi connectivity index (χ3n) is 3.72. The normalized spacial score (nSPS) is 10.8. The van der Waals surface area contributed by atoms with Crippen molar-refractivity contribution in [3.05, 3.63) is 29.8 Å². The Bertz CT molecular complexity index is 417. The van der Waals surface area contributed by atoms with E-state index < -0.39 is 0 Å². The van der Waals surface area contributed by atoms with Gasteiger partial charge < -0.3 is 33.2 Å². The molecule has 0 spiro atoms. The van der Waals surface area contributed by atoms with Gasteiger partial charge in [0.1, 0.15) is 25.4 Å². The van der Waals surface area contributed by atoms with Gasteiger partial charge in [-0.2, -0.15) is 0 Å². The molecule has 0 aromatic heterocycles. The summed E-state index contributed by atoms with van der Waals surface area (Å²) in [6.45, 7) is 12.1. The topological polar surface area (TPSA) is 26.3 Å². The molecule has 3 nitrogen and oxygen atoms in total. The Morgan fingerprint density at radius 1 is 1.25 bits per heavy atom. The fraction of sp³-hybridized carbons (Fsp3) is 0.562. The molecule has 0 saturated carbocycles. The van der Waals surface area contributed by atoms with Crippen LogP contribution in [0, 0.1) is 6.92 Å². The van der Waals surface area contributed by atoms with Gasteiger partial charge in [-0.25, -0.2) is 0 Å². The minimum absolute atomic E-state index is 0. The summed E-state index contributed by atoms with van der Waals surface area (Å²) in [7, 11) is 0. The SMILES string of the molecule is CC[N+](CC)(CCOc1cccc(C)c1)CC(C)=O.[I-]. The summed E-state index contributed by atoms with van der Waals surface area (Å²) < 4.78 is 6.61. The highest BCUT2D eigenvalue weighted by Crippen LogP contribution is 2.13. The van der Waals surface area contributed by atoms with Crippen molar-refractivity contribution in [3.8, 4) is 5.75 Å². The molecule has 0 N–H and O–H groups in total. The van der Waals surface area contributed by atoms with E-state index in [1.54, 1.807) is 6.92 Å². The largest absolute Gasteiger partial charge is 1.00 e. The van der Waals surface area contributed by atoms with E-state index in [1.807, 2.05) is 18.2 Å². The van der Waals surface area contributed by atoms with Crippen LogP contribution in [0.25, 0.3) is 0 Å². The van der Waals surface area contributed by atoms with E-state index in [1.165, 1.54) is 5.56 Å². The monoisotopic (exact) mass is 391 g/mol. The maximum absolute atomic E-state index is 11.4. The second-order valence-corrected chi connectivity index (χ2v) is 5.22. The number of ether oxygens (including phenoxy) is 1. The molecule has 20 heavy (non-hydrogen) atoms. The Labute approximate surface area is 139 Å². The van der Waals surface area contributed by atoms with Crippen LogP contribution in [0.5, 0.6) is 5.75 Å². The molecule has 0 bridgehead atoms. The number of nitrogens with zero attached hydrogens (tertiary/aromatic N) is 1. The van der Waals surface area contributed by atoms with Crippen LogP contribution in [0.15, 0.2) is 24.3 Å². The minimum Gasteiger partial charge on any atom is -1.00 e. The molecule has 114 valence electrons. The summed E-state index contributed by atoms with van der Waals surface area (Å²) in [5.74, 6) is 1.16. The molecule has 0 amide bonds. The van der Waals surface area contributed by atoms with Gasteiger partial charge >= 0.3 is 0 Å². The van der Waals surface area contributed by atoms with Gasteiger partial charge in [0.2, 0.25) is 0 Å². The third-order valence-corrected chi connectivity index (χ3v) is 3.72. The number of benzene rings is 1. The predicted molar refractivity (Wildman–Crippen MR) is 78.4 cm³/mol. The number of ketones is 1. The standard InChI is InChI=1S/C16H26NO2.HI/c1-5-17(6-2,13-15(4)18)10-11-19-16-9-7-8-14(3)12-16;/h7-9,12H,5-6,10-11,13H2,1-4H3;1H/q+1;/p-1. The zero-order valence-corrected chi connectivity index (χ0v) is 15.1. The lowest BCUT2D eigenvalue weighted by molar-refractivity contribution is -0.917. The number of Topliss-reactive ketones (excluding diaryl/α,β-unsaturated/α-hetero) is 1. The van der Waals surface area contributed by atoms with Gasteiger partial charge in [-0.3, -0.25) is 4.79 Å². The number of hydrogen-bond donors (Lipinski definition) is 0. The Morgan fingerprint density at radius 3 is 2.40 bits per heavy atom. The molecule has 0 aliphatic heterocycles. The Morgan fingerprint density at radius 2 is 1.90 bits per heavy atom. The minimum atomic E-state index is 0. The van der Waals surface area contributed by atoms with Crippen molar-refractivity contribution in [1.82, 2.24) is 0 Å². The number of carbonyl (C=O) groups excluding carboxylic acids is 1. The van der Waals surface area contributed by atoms with E-state index >= 15 is 0 Å². The Hall–Kier alpha value is -0.620. The number of rotatable bonds is 8. The zero-order valence-electron chi connectivity index (χ0n) is 13.0. The third kappa shape index (κ3) is 6.22. The van der Waals surface area contributed by atoms with Gasteiger partial charge in [-0.1, -0.05) is 12.1 Å². The summed E-state index contributed by atoms with van der Waals surface area (Å²) in [4.78, 5) is 11.4. The highest BCUT2D eigenvalue weighted by atomic mass is 127. The van der Waals surface area contributed by atoms with Crippen molar-refractivity contribution in [2.45, 2.75) is 27.7 Å². The molecular weight excluding hydrogens is 365 g/mol. The molecule has 1 rings (SSSR count). The maximum atomic E-state index is 11.4. The van der Waals surface area contributed by atoms with Crippen LogP contribution in [-0.4, -0.2) is 43.1 Å². The van der Waals surface area contributed by atoms with Gasteiger partial charge in [-0.05, 0) is 38.5 Å². The van der Waals surface area contributed by atoms with Crippen LogP contribution in [0.1, 0.15) is 26.3 Å². The van der Waals surface area contributed by atoms with Gasteiger partial charge in [0.15, 0.2) is 5.78 Å². The van der Waals surface area contributed by atoms with Crippen LogP contribution in [0.4, 0.5) is 0 Å². The van der Waals surface area contributed by atoms with Crippen molar-refractivity contribution in [1.29, 1.82) is 0 Å². The van der Waals surface area contributed by atoms with Crippen LogP contribution < -0.4 is 28.7 Å². The van der Waals surface area contributed by atoms with Crippen LogP contribution in [0.3, 0.4) is 0 Å². The molecule has 0 fully saturated rings. The number of aryl methyl sites for hydroxylation is 1. The van der Waals surface area contributed by atoms with E-state index in [4.69, 9.17) is 4.74 Å². The maximum Gasteiger partial charge on any atom is 0.183 e. The highest BCUT2D eigenvalue weighted by Gasteiger charge is 2.24. The summed E-state index contributed by atoms with van der Waals surface area (Å²) in [6, 6.07) is 8.07. The summed E-state index contributed by atoms with van der Waals surface area (Å²) in [5.41, 5.74) is 1.20. The summed E-state index contributed by atoms with van der Waals surface area (Å²) in [5, 5.41) is 0. The van der Waals surface area contributed by atoms with Crippen molar-refractivity contribution in [2.75, 3.05) is 32.8 Å². The van der Waals surface area contributed by atoms with E-state index in [0.717, 1.165) is 29.9 Å². The average Bonchev–Trinajstić information content (AvgIpc) is 2.37. The fourth-order valence-electron chi connectivity index (χ4n) is 2.38. The second-order valence-electron chi connectivity index (χ2n) is 5.22. The highest BCUT2D eigenvalue weighted by molar-refractivity contribution is 5.76. The molecule has 0 unspecified atom stereocenters. The summed E-state index contributed by atoms with van der Waals surface area (Å²) in [6.07, 6.45) is 0. The van der Waals surface area contributed by atoms with Gasteiger partial charge in [0.05, 0.1) is 13.1 Å². The first kappa shape index (κ1) is 19.4. The molecule has 1 aromatic rings. The number of quaternary nitrogens is 1. The van der Waals surface area contributed by atoms with Crippen molar-refractivity contribution >= 4 is 5.78 Å². The van der Waals surface area contributed by atoms with Gasteiger partial charge in [-0.15, -0.1) is 0 Å². The number of carbonyl (C=O) groups is 1. The first-order valence-electron chi connectivity index (χ1n) is 7.05. The van der Waals surface area contributed by atoms with E-state index in [0.29, 0.717) is 13.2 Å². The first-order valence-corrected chi connectivity index (χ1v) is 7.05. The fourth-order valence-corrected chi connectivity index (χ4v) is 2.38. The molecule has 0 radical (unpaired) electrons. The molecule has 0 aliphatic rings. The van der Waals surface area contributed by atoms with Crippen molar-refractivity contribution in [2.24, 2.45) is 0 Å². The Kier molecular flexibility index (Phi) is 9.05. The van der Waals surface area contributed by atoms with Gasteiger partial charge in [0.25, 0.3) is 0 Å². The Balaban J connectivity index is 0.00000361. The quantitative estimate of drug-likeness (QED) is 0.454. The number of hydrogen-bond acceptors (Lipinski definition) is 2. The number of likely N-dealkylation sites (N-methyl/N-ethyl adjacent to an activating group) is 1. The van der Waals surface area contributed by atoms with Crippen LogP contribution in [-0.2, 0) is 4.79 Å². The average molecular weight is 391 g/mol. The molecule has 0 atom stereocenters. The first-order chi connectivity index (χ1) is 9.01. The van der Waals surface area contributed by atoms with E-state index in [-0.39, 0.29) is 29.8 Å². The van der Waals surface area contributed by atoms with Crippen molar-refractivity contribution < 1.29 is 38.0 Å². The molecule has 0 aliphatic carbocycles. The zero-order chi connectivity index (χ0) is 14.3. The van der Waals surface area contributed by atoms with Gasteiger partial charge in [0, 0.05) is 6.92 Å². The molecular formula is C16H26INO2. The smallest absolute Gasteiger partial charge is 0.183 e. The van der Waals surface area contributed by atoms with Crippen molar-refractivity contribution in [3.63, 3.8) is 0 Å². The van der Waals surface area contributed by atoms with E-state index in [9.17, 15) is 4.79 Å². The predicted octanol–water partition coefficient (Wildman–Crippen LogP) is -0.177. The summed E-state index contributed by atoms with van der Waals surface area (Å²) >= 11 is 0. The van der Waals surface area contributed by atoms with Crippen LogP contribution >= 0.6 is 0 Å². The lowest BCUT2D eigenvalue weighted by Crippen LogP contribution is -3.00. The molecule has 0 saturated heterocycles. The lowest BCUT2D eigenvalue weighted by Gasteiger charge is -2.35. The lowest BCUT2D eigenvalue weighted by atomic mass is 10.2. The van der Waals surface area contributed by atoms with E-state index in [2.05, 4.69) is 26.8 Å². The number of halogens is 1.